The summed E-state index contributed by atoms with van der Waals surface area (Å²) in [7, 11) is 3.71. The summed E-state index contributed by atoms with van der Waals surface area (Å²) in [5.74, 6) is 0.978. The standard InChI is InChI=1S/C29H40Cl2N4O3/c1-29(11-12-29)27(37)34-14-9-20(10-15-34)26(36)35-17-22(21-6-7-23(30)24(31)16-21)25(18-35)33(3)28(38)32(2)13-8-19-4-5-19/h6-7,16,19-20,22,25H,4-5,8-15,17-18H2,1-3H3/t22-,25+/m1/s1. The molecule has 4 amide bonds. The number of halogens is 2. The number of urea groups is 1. The lowest BCUT2D eigenvalue weighted by Crippen LogP contribution is -2.48. The largest absolute Gasteiger partial charge is 0.342 e. The van der Waals surface area contributed by atoms with E-state index in [0.29, 0.717) is 49.1 Å². The lowest BCUT2D eigenvalue weighted by Gasteiger charge is -2.35. The van der Waals surface area contributed by atoms with Gasteiger partial charge in [0, 0.05) is 64.1 Å². The Morgan fingerprint density at radius 1 is 0.974 bits per heavy atom. The van der Waals surface area contributed by atoms with E-state index in [-0.39, 0.29) is 41.1 Å². The van der Waals surface area contributed by atoms with Crippen molar-refractivity contribution < 1.29 is 14.4 Å². The maximum atomic E-state index is 13.7. The molecular weight excluding hydrogens is 523 g/mol. The average molecular weight is 564 g/mol. The number of likely N-dealkylation sites (tertiary alicyclic amines) is 2. The van der Waals surface area contributed by atoms with Crippen LogP contribution in [-0.2, 0) is 9.59 Å². The number of likely N-dealkylation sites (N-methyl/N-ethyl adjacent to an activating group) is 1. The molecule has 2 aliphatic carbocycles. The number of hydrogen-bond donors (Lipinski definition) is 0. The molecule has 9 heteroatoms. The Labute approximate surface area is 236 Å². The first-order chi connectivity index (χ1) is 18.1. The predicted molar refractivity (Wildman–Crippen MR) is 149 cm³/mol. The monoisotopic (exact) mass is 562 g/mol. The van der Waals surface area contributed by atoms with Crippen LogP contribution in [-0.4, -0.2) is 90.3 Å². The molecule has 2 atom stereocenters. The maximum absolute atomic E-state index is 13.7. The summed E-state index contributed by atoms with van der Waals surface area (Å²) in [6.07, 6.45) is 6.90. The minimum absolute atomic E-state index is 0.0181. The number of carbonyl (C=O) groups excluding carboxylic acids is 3. The minimum atomic E-state index is -0.172. The number of benzene rings is 1. The van der Waals surface area contributed by atoms with E-state index in [1.54, 1.807) is 6.07 Å². The van der Waals surface area contributed by atoms with E-state index in [1.165, 1.54) is 12.8 Å². The molecule has 0 spiro atoms. The van der Waals surface area contributed by atoms with Crippen LogP contribution in [0.5, 0.6) is 0 Å². The van der Waals surface area contributed by atoms with Crippen molar-refractivity contribution in [2.24, 2.45) is 17.3 Å². The normalized spacial score (nSPS) is 24.9. The van der Waals surface area contributed by atoms with Crippen molar-refractivity contribution in [3.63, 3.8) is 0 Å². The summed E-state index contributed by atoms with van der Waals surface area (Å²) in [5.41, 5.74) is 0.813. The summed E-state index contributed by atoms with van der Waals surface area (Å²) in [6, 6.07) is 5.43. The number of nitrogens with zero attached hydrogens (tertiary/aromatic N) is 4. The molecule has 1 aromatic carbocycles. The topological polar surface area (TPSA) is 64.2 Å². The van der Waals surface area contributed by atoms with Crippen LogP contribution in [0.4, 0.5) is 4.79 Å². The Bertz CT molecular complexity index is 1080. The third kappa shape index (κ3) is 5.79. The predicted octanol–water partition coefficient (Wildman–Crippen LogP) is 5.11. The van der Waals surface area contributed by atoms with Gasteiger partial charge in [-0.1, -0.05) is 49.0 Å². The van der Waals surface area contributed by atoms with Crippen LogP contribution in [0.2, 0.25) is 10.0 Å². The zero-order chi connectivity index (χ0) is 27.2. The van der Waals surface area contributed by atoms with Crippen molar-refractivity contribution in [3.05, 3.63) is 33.8 Å². The van der Waals surface area contributed by atoms with Gasteiger partial charge in [0.1, 0.15) is 0 Å². The highest BCUT2D eigenvalue weighted by Gasteiger charge is 2.48. The van der Waals surface area contributed by atoms with Gasteiger partial charge in [0.2, 0.25) is 11.8 Å². The van der Waals surface area contributed by atoms with Crippen LogP contribution in [0.1, 0.15) is 63.4 Å². The van der Waals surface area contributed by atoms with Gasteiger partial charge < -0.3 is 19.6 Å². The summed E-state index contributed by atoms with van der Waals surface area (Å²) in [4.78, 5) is 47.3. The van der Waals surface area contributed by atoms with E-state index in [0.717, 1.165) is 37.3 Å². The van der Waals surface area contributed by atoms with E-state index < -0.39 is 0 Å². The Kier molecular flexibility index (Phi) is 7.89. The number of piperidine rings is 1. The first kappa shape index (κ1) is 27.6. The van der Waals surface area contributed by atoms with E-state index in [4.69, 9.17) is 23.2 Å². The molecule has 2 saturated carbocycles. The van der Waals surface area contributed by atoms with Gasteiger partial charge in [0.05, 0.1) is 16.1 Å². The van der Waals surface area contributed by atoms with Gasteiger partial charge in [-0.15, -0.1) is 0 Å². The molecule has 0 radical (unpaired) electrons. The van der Waals surface area contributed by atoms with Crippen LogP contribution in [0.3, 0.4) is 0 Å². The molecule has 0 unspecified atom stereocenters. The fourth-order valence-electron chi connectivity index (χ4n) is 6.09. The van der Waals surface area contributed by atoms with Gasteiger partial charge in [-0.25, -0.2) is 4.79 Å². The number of carbonyl (C=O) groups is 3. The molecule has 0 N–H and O–H groups in total. The molecule has 2 heterocycles. The fraction of sp³-hybridized carbons (Fsp3) is 0.690. The fourth-order valence-corrected chi connectivity index (χ4v) is 6.40. The minimum Gasteiger partial charge on any atom is -0.342 e. The van der Waals surface area contributed by atoms with Gasteiger partial charge in [0.25, 0.3) is 0 Å². The quantitative estimate of drug-likeness (QED) is 0.463. The van der Waals surface area contributed by atoms with E-state index in [9.17, 15) is 14.4 Å². The Hall–Kier alpha value is -1.99. The zero-order valence-corrected chi connectivity index (χ0v) is 24.3. The van der Waals surface area contributed by atoms with Gasteiger partial charge >= 0.3 is 6.03 Å². The first-order valence-electron chi connectivity index (χ1n) is 14.1. The highest BCUT2D eigenvalue weighted by Crippen LogP contribution is 2.47. The number of amides is 4. The maximum Gasteiger partial charge on any atom is 0.319 e. The summed E-state index contributed by atoms with van der Waals surface area (Å²) in [5, 5.41) is 0.966. The molecule has 5 rings (SSSR count). The number of hydrogen-bond acceptors (Lipinski definition) is 3. The molecule has 1 aromatic rings. The highest BCUT2D eigenvalue weighted by molar-refractivity contribution is 6.42. The second-order valence-electron chi connectivity index (χ2n) is 12.3. The molecular formula is C29H40Cl2N4O3. The molecule has 0 aromatic heterocycles. The van der Waals surface area contributed by atoms with Crippen LogP contribution in [0.25, 0.3) is 0 Å². The van der Waals surface area contributed by atoms with Crippen molar-refractivity contribution in [1.82, 2.24) is 19.6 Å². The van der Waals surface area contributed by atoms with Crippen molar-refractivity contribution in [2.45, 2.75) is 63.8 Å². The van der Waals surface area contributed by atoms with Crippen LogP contribution < -0.4 is 0 Å². The van der Waals surface area contributed by atoms with Gasteiger partial charge in [-0.3, -0.25) is 9.59 Å². The summed E-state index contributed by atoms with van der Waals surface area (Å²) in [6.45, 7) is 5.09. The molecule has 38 heavy (non-hydrogen) atoms. The Morgan fingerprint density at radius 3 is 2.26 bits per heavy atom. The smallest absolute Gasteiger partial charge is 0.319 e. The van der Waals surface area contributed by atoms with Crippen molar-refractivity contribution in [3.8, 4) is 0 Å². The third-order valence-corrected chi connectivity index (χ3v) is 10.1. The molecule has 2 saturated heterocycles. The third-order valence-electron chi connectivity index (χ3n) is 9.32. The molecule has 7 nitrogen and oxygen atoms in total. The lowest BCUT2D eigenvalue weighted by atomic mass is 9.93. The Morgan fingerprint density at radius 2 is 1.66 bits per heavy atom. The van der Waals surface area contributed by atoms with E-state index >= 15 is 0 Å². The van der Waals surface area contributed by atoms with Crippen molar-refractivity contribution >= 4 is 41.0 Å². The lowest BCUT2D eigenvalue weighted by molar-refractivity contribution is -0.142. The molecule has 4 fully saturated rings. The van der Waals surface area contributed by atoms with E-state index in [1.807, 2.05) is 52.8 Å². The second-order valence-corrected chi connectivity index (χ2v) is 13.1. The average Bonchev–Trinajstić information content (AvgIpc) is 3.85. The first-order valence-corrected chi connectivity index (χ1v) is 14.8. The summed E-state index contributed by atoms with van der Waals surface area (Å²) >= 11 is 12.6. The molecule has 4 aliphatic rings. The summed E-state index contributed by atoms with van der Waals surface area (Å²) < 4.78 is 0. The molecule has 0 bridgehead atoms. The van der Waals surface area contributed by atoms with Gasteiger partial charge in [-0.05, 0) is 55.7 Å². The highest BCUT2D eigenvalue weighted by atomic mass is 35.5. The van der Waals surface area contributed by atoms with E-state index in [2.05, 4.69) is 0 Å². The van der Waals surface area contributed by atoms with Crippen LogP contribution in [0.15, 0.2) is 18.2 Å². The van der Waals surface area contributed by atoms with Crippen LogP contribution in [0, 0.1) is 17.3 Å². The van der Waals surface area contributed by atoms with Crippen LogP contribution >= 0.6 is 23.2 Å². The molecule has 2 aliphatic heterocycles. The second kappa shape index (κ2) is 10.9. The van der Waals surface area contributed by atoms with Crippen molar-refractivity contribution in [2.75, 3.05) is 46.8 Å². The number of rotatable bonds is 7. The van der Waals surface area contributed by atoms with Gasteiger partial charge in [0.15, 0.2) is 0 Å². The Balaban J connectivity index is 1.27. The van der Waals surface area contributed by atoms with Crippen molar-refractivity contribution in [1.29, 1.82) is 0 Å². The van der Waals surface area contributed by atoms with Gasteiger partial charge in [-0.2, -0.15) is 0 Å². The zero-order valence-electron chi connectivity index (χ0n) is 22.8. The molecule has 208 valence electrons. The SMILES string of the molecule is CN(CCC1CC1)C(=O)N(C)[C@H]1CN(C(=O)C2CCN(C(=O)C3(C)CC3)CC2)C[C@@H]1c1ccc(Cl)c(Cl)c1.